The van der Waals surface area contributed by atoms with Crippen LogP contribution in [0.25, 0.3) is 0 Å². The smallest absolute Gasteiger partial charge is 0.243 e. The molecule has 7 heteroatoms. The van der Waals surface area contributed by atoms with Crippen molar-refractivity contribution in [3.63, 3.8) is 0 Å². The predicted octanol–water partition coefficient (Wildman–Crippen LogP) is 0.961. The largest absolute Gasteiger partial charge is 0.350 e. The van der Waals surface area contributed by atoms with E-state index < -0.39 is 0 Å². The number of likely N-dealkylation sites (tertiary alicyclic amines) is 1. The Hall–Kier alpha value is -1.76. The number of hydrogen-bond donors (Lipinski definition) is 1. The fourth-order valence-corrected chi connectivity index (χ4v) is 2.75. The summed E-state index contributed by atoms with van der Waals surface area (Å²) < 4.78 is 0. The Bertz CT molecular complexity index is 525. The normalized spacial score (nSPS) is 16.3. The van der Waals surface area contributed by atoms with E-state index in [4.69, 9.17) is 0 Å². The van der Waals surface area contributed by atoms with Crippen molar-refractivity contribution in [2.45, 2.75) is 45.6 Å². The molecule has 1 aliphatic rings. The molecule has 0 radical (unpaired) electrons. The van der Waals surface area contributed by atoms with Gasteiger partial charge in [0.15, 0.2) is 0 Å². The summed E-state index contributed by atoms with van der Waals surface area (Å²) in [6.07, 6.45) is 3.71. The summed E-state index contributed by atoms with van der Waals surface area (Å²) >= 11 is 0. The van der Waals surface area contributed by atoms with E-state index in [1.807, 2.05) is 0 Å². The maximum absolute atomic E-state index is 11.8. The van der Waals surface area contributed by atoms with Gasteiger partial charge in [0.05, 0.1) is 17.9 Å². The molecule has 0 saturated carbocycles. The molecule has 0 unspecified atom stereocenters. The lowest BCUT2D eigenvalue weighted by Crippen LogP contribution is -2.44. The Labute approximate surface area is 138 Å². The van der Waals surface area contributed by atoms with Gasteiger partial charge in [-0.3, -0.25) is 9.69 Å². The number of amides is 1. The minimum absolute atomic E-state index is 0.159. The zero-order chi connectivity index (χ0) is 16.8. The molecule has 0 spiro atoms. The van der Waals surface area contributed by atoms with Crippen molar-refractivity contribution >= 4 is 11.9 Å². The lowest BCUT2D eigenvalue weighted by molar-refractivity contribution is -0.130. The fraction of sp³-hybridized carbons (Fsp3) is 0.750. The molecule has 0 atom stereocenters. The molecule has 1 aromatic heterocycles. The van der Waals surface area contributed by atoms with E-state index in [0.717, 1.165) is 50.2 Å². The highest BCUT2D eigenvalue weighted by Crippen LogP contribution is 2.15. The number of nitrogens with one attached hydrogen (secondary N) is 1. The number of anilines is 1. The molecule has 1 fully saturated rings. The molecule has 2 rings (SSSR count). The zero-order valence-electron chi connectivity index (χ0n) is 14.7. The van der Waals surface area contributed by atoms with Gasteiger partial charge in [-0.25, -0.2) is 4.98 Å². The molecule has 0 aromatic carbocycles. The molecule has 7 nitrogen and oxygen atoms in total. The summed E-state index contributed by atoms with van der Waals surface area (Å²) in [5, 5.41) is 11.9. The molecule has 23 heavy (non-hydrogen) atoms. The van der Waals surface area contributed by atoms with Crippen molar-refractivity contribution in [1.82, 2.24) is 25.0 Å². The number of likely N-dealkylation sites (N-methyl/N-ethyl adjacent to an activating group) is 1. The molecule has 0 aliphatic carbocycles. The van der Waals surface area contributed by atoms with Crippen LogP contribution in [-0.4, -0.2) is 70.7 Å². The summed E-state index contributed by atoms with van der Waals surface area (Å²) in [5.74, 6) is 0.786. The second-order valence-corrected chi connectivity index (χ2v) is 6.22. The van der Waals surface area contributed by atoms with Gasteiger partial charge < -0.3 is 10.2 Å². The Morgan fingerprint density at radius 3 is 2.39 bits per heavy atom. The van der Waals surface area contributed by atoms with Gasteiger partial charge in [0.25, 0.3) is 0 Å². The minimum atomic E-state index is 0.159. The van der Waals surface area contributed by atoms with E-state index >= 15 is 0 Å². The maximum Gasteiger partial charge on any atom is 0.243 e. The second kappa shape index (κ2) is 8.19. The summed E-state index contributed by atoms with van der Waals surface area (Å²) in [7, 11) is 3.60. The second-order valence-electron chi connectivity index (χ2n) is 6.22. The minimum Gasteiger partial charge on any atom is -0.350 e. The van der Waals surface area contributed by atoms with Crippen molar-refractivity contribution in [2.75, 3.05) is 39.0 Å². The average molecular weight is 320 g/mol. The Morgan fingerprint density at radius 1 is 1.17 bits per heavy atom. The van der Waals surface area contributed by atoms with Crippen LogP contribution in [-0.2, 0) is 17.6 Å². The van der Waals surface area contributed by atoms with E-state index in [2.05, 4.69) is 39.2 Å². The first-order valence-electron chi connectivity index (χ1n) is 8.45. The molecule has 1 aromatic rings. The van der Waals surface area contributed by atoms with Crippen molar-refractivity contribution in [3.8, 4) is 0 Å². The summed E-state index contributed by atoms with van der Waals surface area (Å²) in [6.45, 7) is 6.50. The third kappa shape index (κ3) is 4.86. The van der Waals surface area contributed by atoms with Crippen LogP contribution in [0.3, 0.4) is 0 Å². The predicted molar refractivity (Wildman–Crippen MR) is 90.4 cm³/mol. The molecule has 1 amide bonds. The quantitative estimate of drug-likeness (QED) is 0.841. The first-order chi connectivity index (χ1) is 11.0. The Morgan fingerprint density at radius 2 is 1.83 bits per heavy atom. The van der Waals surface area contributed by atoms with E-state index in [1.54, 1.807) is 19.0 Å². The fourth-order valence-electron chi connectivity index (χ4n) is 2.75. The third-order valence-corrected chi connectivity index (χ3v) is 4.29. The number of carbonyl (C=O) groups excluding carboxylic acids is 1. The van der Waals surface area contributed by atoms with E-state index in [1.165, 1.54) is 0 Å². The van der Waals surface area contributed by atoms with Crippen molar-refractivity contribution in [3.05, 3.63) is 11.4 Å². The molecular formula is C16H28N6O. The lowest BCUT2D eigenvalue weighted by atomic mass is 10.1. The number of carbonyl (C=O) groups is 1. The topological polar surface area (TPSA) is 74.2 Å². The van der Waals surface area contributed by atoms with Gasteiger partial charge in [-0.2, -0.15) is 5.10 Å². The van der Waals surface area contributed by atoms with Gasteiger partial charge in [-0.15, -0.1) is 5.10 Å². The zero-order valence-corrected chi connectivity index (χ0v) is 14.7. The van der Waals surface area contributed by atoms with Gasteiger partial charge in [-0.1, -0.05) is 13.8 Å². The molecule has 0 bridgehead atoms. The summed E-state index contributed by atoms with van der Waals surface area (Å²) in [6, 6.07) is 0.347. The Balaban J connectivity index is 1.85. The molecular weight excluding hydrogens is 292 g/mol. The van der Waals surface area contributed by atoms with Gasteiger partial charge in [0.2, 0.25) is 11.9 Å². The van der Waals surface area contributed by atoms with Crippen LogP contribution in [0.1, 0.15) is 38.1 Å². The number of hydrogen-bond acceptors (Lipinski definition) is 6. The van der Waals surface area contributed by atoms with Gasteiger partial charge in [0, 0.05) is 33.2 Å². The van der Waals surface area contributed by atoms with Crippen LogP contribution in [0, 0.1) is 0 Å². The SMILES string of the molecule is CCc1nnc(NC2CCN(CC(=O)N(C)C)CC2)nc1CC. The maximum atomic E-state index is 11.8. The van der Waals surface area contributed by atoms with E-state index in [9.17, 15) is 4.79 Å². The summed E-state index contributed by atoms with van der Waals surface area (Å²) in [4.78, 5) is 20.2. The van der Waals surface area contributed by atoms with Crippen LogP contribution < -0.4 is 5.32 Å². The average Bonchev–Trinajstić information content (AvgIpc) is 2.56. The van der Waals surface area contributed by atoms with E-state index in [0.29, 0.717) is 18.5 Å². The first-order valence-corrected chi connectivity index (χ1v) is 8.45. The number of rotatable bonds is 6. The van der Waals surface area contributed by atoms with Gasteiger partial charge in [0.1, 0.15) is 0 Å². The van der Waals surface area contributed by atoms with Crippen molar-refractivity contribution < 1.29 is 4.79 Å². The molecule has 1 aliphatic heterocycles. The molecule has 128 valence electrons. The van der Waals surface area contributed by atoms with Crippen LogP contribution in [0.5, 0.6) is 0 Å². The number of nitrogens with zero attached hydrogens (tertiary/aromatic N) is 5. The van der Waals surface area contributed by atoms with Crippen LogP contribution in [0.2, 0.25) is 0 Å². The van der Waals surface area contributed by atoms with Gasteiger partial charge in [-0.05, 0) is 25.7 Å². The summed E-state index contributed by atoms with van der Waals surface area (Å²) in [5.41, 5.74) is 2.01. The van der Waals surface area contributed by atoms with Gasteiger partial charge >= 0.3 is 0 Å². The number of piperidine rings is 1. The lowest BCUT2D eigenvalue weighted by Gasteiger charge is -2.32. The van der Waals surface area contributed by atoms with Crippen molar-refractivity contribution in [1.29, 1.82) is 0 Å². The number of aryl methyl sites for hydroxylation is 2. The highest BCUT2D eigenvalue weighted by Gasteiger charge is 2.22. The highest BCUT2D eigenvalue weighted by atomic mass is 16.2. The highest BCUT2D eigenvalue weighted by molar-refractivity contribution is 5.77. The van der Waals surface area contributed by atoms with Crippen LogP contribution in [0.15, 0.2) is 0 Å². The Kier molecular flexibility index (Phi) is 6.27. The molecule has 2 heterocycles. The number of aromatic nitrogens is 3. The monoisotopic (exact) mass is 320 g/mol. The van der Waals surface area contributed by atoms with Crippen LogP contribution in [0.4, 0.5) is 5.95 Å². The first kappa shape index (κ1) is 17.6. The van der Waals surface area contributed by atoms with E-state index in [-0.39, 0.29) is 5.91 Å². The van der Waals surface area contributed by atoms with Crippen molar-refractivity contribution in [2.24, 2.45) is 0 Å². The standard InChI is InChI=1S/C16H28N6O/c1-5-13-14(6-2)19-20-16(18-13)17-12-7-9-22(10-8-12)11-15(23)21(3)4/h12H,5-11H2,1-4H3,(H,17,18,20). The third-order valence-electron chi connectivity index (χ3n) is 4.29. The molecule has 1 N–H and O–H groups in total. The van der Waals surface area contributed by atoms with Crippen LogP contribution >= 0.6 is 0 Å². The molecule has 1 saturated heterocycles.